The number of aliphatic carboxylic acids is 1. The van der Waals surface area contributed by atoms with Gasteiger partial charge in [-0.25, -0.2) is 4.79 Å². The second kappa shape index (κ2) is 18.9. The Morgan fingerprint density at radius 1 is 0.811 bits per heavy atom. The number of rotatable bonds is 19. The smallest absolute Gasteiger partial charge is 0.326 e. The number of hydrogen-bond acceptors (Lipinski definition) is 8. The van der Waals surface area contributed by atoms with E-state index in [9.17, 15) is 24.3 Å². The van der Waals surface area contributed by atoms with Crippen LogP contribution in [0.3, 0.4) is 0 Å². The van der Waals surface area contributed by atoms with Crippen LogP contribution >= 0.6 is 23.5 Å². The van der Waals surface area contributed by atoms with Crippen molar-refractivity contribution in [3.05, 3.63) is 35.9 Å². The van der Waals surface area contributed by atoms with Gasteiger partial charge < -0.3 is 32.5 Å². The van der Waals surface area contributed by atoms with Gasteiger partial charge in [0.2, 0.25) is 17.7 Å². The first-order valence-corrected chi connectivity index (χ1v) is 15.1. The van der Waals surface area contributed by atoms with Gasteiger partial charge in [-0.1, -0.05) is 36.8 Å². The molecule has 0 aliphatic heterocycles. The van der Waals surface area contributed by atoms with Crippen LogP contribution in [0.5, 0.6) is 0 Å². The minimum absolute atomic E-state index is 0.205. The Hall–Kier alpha value is -2.28. The third-order valence-corrected chi connectivity index (χ3v) is 6.98. The Balaban J connectivity index is 3.02. The van der Waals surface area contributed by atoms with Crippen molar-refractivity contribution in [2.24, 2.45) is 11.5 Å². The fourth-order valence-electron chi connectivity index (χ4n) is 3.52. The van der Waals surface area contributed by atoms with Crippen LogP contribution in [0.15, 0.2) is 30.3 Å². The molecule has 0 aliphatic carbocycles. The molecule has 0 aromatic heterocycles. The molecule has 0 saturated carbocycles. The van der Waals surface area contributed by atoms with E-state index in [-0.39, 0.29) is 12.8 Å². The van der Waals surface area contributed by atoms with Crippen LogP contribution < -0.4 is 27.4 Å². The van der Waals surface area contributed by atoms with Gasteiger partial charge >= 0.3 is 5.97 Å². The minimum Gasteiger partial charge on any atom is -0.480 e. The zero-order valence-electron chi connectivity index (χ0n) is 21.6. The fourth-order valence-corrected chi connectivity index (χ4v) is 4.46. The summed E-state index contributed by atoms with van der Waals surface area (Å²) in [4.78, 5) is 50.7. The number of carbonyl (C=O) groups excluding carboxylic acids is 3. The van der Waals surface area contributed by atoms with E-state index in [0.717, 1.165) is 12.0 Å². The lowest BCUT2D eigenvalue weighted by Gasteiger charge is -2.25. The summed E-state index contributed by atoms with van der Waals surface area (Å²) in [5.41, 5.74) is 12.4. The third kappa shape index (κ3) is 13.2. The molecular weight excluding hydrogens is 514 g/mol. The van der Waals surface area contributed by atoms with Crippen LogP contribution in [0, 0.1) is 0 Å². The maximum atomic E-state index is 13.3. The summed E-state index contributed by atoms with van der Waals surface area (Å²) in [6.45, 7) is 0.507. The molecule has 4 unspecified atom stereocenters. The molecule has 0 aliphatic rings. The monoisotopic (exact) mass is 555 g/mol. The summed E-state index contributed by atoms with van der Waals surface area (Å²) < 4.78 is 0. The molecule has 8 N–H and O–H groups in total. The molecule has 4 atom stereocenters. The van der Waals surface area contributed by atoms with Crippen molar-refractivity contribution in [3.63, 3.8) is 0 Å². The van der Waals surface area contributed by atoms with E-state index in [4.69, 9.17) is 11.5 Å². The number of unbranched alkanes of at least 4 members (excludes halogenated alkanes) is 1. The molecule has 37 heavy (non-hydrogen) atoms. The van der Waals surface area contributed by atoms with Gasteiger partial charge in [0.05, 0.1) is 6.04 Å². The lowest BCUT2D eigenvalue weighted by atomic mass is 10.0. The SMILES string of the molecule is CSCCC(NC(=O)C(CCSC)NC(=O)C(Cc1ccccc1)NC(=O)C(N)CCCCN)C(=O)O. The summed E-state index contributed by atoms with van der Waals surface area (Å²) in [7, 11) is 0. The standard InChI is InChI=1S/C25H41N5O5S2/c1-36-14-11-19(23(32)29-20(25(34)35)12-15-37-2)28-24(33)21(16-17-8-4-3-5-9-17)30-22(31)18(27)10-6-7-13-26/h3-5,8-9,18-21H,6-7,10-16,26-27H2,1-2H3,(H,28,33)(H,29,32)(H,30,31)(H,34,35). The first kappa shape index (κ1) is 32.7. The second-order valence-corrected chi connectivity index (χ2v) is 10.6. The van der Waals surface area contributed by atoms with Crippen molar-refractivity contribution in [2.45, 2.75) is 62.7 Å². The van der Waals surface area contributed by atoms with Crippen LogP contribution in [0.4, 0.5) is 0 Å². The van der Waals surface area contributed by atoms with Crippen molar-refractivity contribution in [1.29, 1.82) is 0 Å². The van der Waals surface area contributed by atoms with Crippen molar-refractivity contribution in [1.82, 2.24) is 16.0 Å². The van der Waals surface area contributed by atoms with Gasteiger partial charge in [-0.15, -0.1) is 0 Å². The van der Waals surface area contributed by atoms with Gasteiger partial charge in [0.1, 0.15) is 18.1 Å². The Morgan fingerprint density at radius 2 is 1.35 bits per heavy atom. The molecule has 10 nitrogen and oxygen atoms in total. The van der Waals surface area contributed by atoms with Gasteiger partial charge in [-0.05, 0) is 61.8 Å². The minimum atomic E-state index is -1.13. The lowest BCUT2D eigenvalue weighted by molar-refractivity contribution is -0.142. The largest absolute Gasteiger partial charge is 0.480 e. The van der Waals surface area contributed by atoms with E-state index in [1.54, 1.807) is 0 Å². The average molecular weight is 556 g/mol. The summed E-state index contributed by atoms with van der Waals surface area (Å²) in [6, 6.07) is 5.43. The number of carboxylic acids is 1. The predicted molar refractivity (Wildman–Crippen MR) is 150 cm³/mol. The fraction of sp³-hybridized carbons (Fsp3) is 0.600. The molecule has 12 heteroatoms. The Kier molecular flexibility index (Phi) is 16.7. The normalized spacial score (nSPS) is 14.2. The molecule has 0 bridgehead atoms. The predicted octanol–water partition coefficient (Wildman–Crippen LogP) is 0.731. The van der Waals surface area contributed by atoms with Crippen LogP contribution in [0.1, 0.15) is 37.7 Å². The van der Waals surface area contributed by atoms with E-state index in [0.29, 0.717) is 37.3 Å². The maximum Gasteiger partial charge on any atom is 0.326 e. The van der Waals surface area contributed by atoms with Crippen LogP contribution in [-0.2, 0) is 25.6 Å². The summed E-state index contributed by atoms with van der Waals surface area (Å²) in [5.74, 6) is -1.56. The molecule has 1 rings (SSSR count). The van der Waals surface area contributed by atoms with Crippen LogP contribution in [0.2, 0.25) is 0 Å². The zero-order chi connectivity index (χ0) is 27.6. The number of benzene rings is 1. The van der Waals surface area contributed by atoms with Crippen LogP contribution in [-0.4, -0.2) is 83.5 Å². The Bertz CT molecular complexity index is 846. The average Bonchev–Trinajstić information content (AvgIpc) is 2.88. The highest BCUT2D eigenvalue weighted by molar-refractivity contribution is 7.98. The number of hydrogen-bond donors (Lipinski definition) is 6. The van der Waals surface area contributed by atoms with Crippen LogP contribution in [0.25, 0.3) is 0 Å². The molecule has 1 aromatic rings. The molecule has 0 heterocycles. The summed E-state index contributed by atoms with van der Waals surface area (Å²) in [5, 5.41) is 17.5. The van der Waals surface area contributed by atoms with Crippen molar-refractivity contribution in [2.75, 3.05) is 30.6 Å². The summed E-state index contributed by atoms with van der Waals surface area (Å²) in [6.07, 6.45) is 6.38. The zero-order valence-corrected chi connectivity index (χ0v) is 23.2. The van der Waals surface area contributed by atoms with E-state index in [2.05, 4.69) is 16.0 Å². The van der Waals surface area contributed by atoms with Crippen molar-refractivity contribution >= 4 is 47.2 Å². The van der Waals surface area contributed by atoms with E-state index >= 15 is 0 Å². The number of thioether (sulfide) groups is 2. The molecule has 0 fully saturated rings. The number of amides is 3. The third-order valence-electron chi connectivity index (χ3n) is 5.69. The van der Waals surface area contributed by atoms with Crippen molar-refractivity contribution in [3.8, 4) is 0 Å². The highest BCUT2D eigenvalue weighted by atomic mass is 32.2. The molecule has 1 aromatic carbocycles. The van der Waals surface area contributed by atoms with Gasteiger partial charge in [-0.3, -0.25) is 14.4 Å². The molecule has 208 valence electrons. The molecule has 0 spiro atoms. The number of carbonyl (C=O) groups is 4. The molecule has 0 saturated heterocycles. The van der Waals surface area contributed by atoms with E-state index < -0.39 is 47.9 Å². The van der Waals surface area contributed by atoms with Gasteiger partial charge in [-0.2, -0.15) is 23.5 Å². The lowest BCUT2D eigenvalue weighted by Crippen LogP contribution is -2.57. The Morgan fingerprint density at radius 3 is 1.92 bits per heavy atom. The highest BCUT2D eigenvalue weighted by Crippen LogP contribution is 2.08. The summed E-state index contributed by atoms with van der Waals surface area (Å²) >= 11 is 2.98. The Labute approximate surface area is 227 Å². The number of nitrogens with one attached hydrogen (secondary N) is 3. The van der Waals surface area contributed by atoms with E-state index in [1.807, 2.05) is 42.8 Å². The molecular formula is C25H41N5O5S2. The first-order chi connectivity index (χ1) is 17.7. The molecule has 3 amide bonds. The number of carboxylic acid groups (broad SMARTS) is 1. The molecule has 0 radical (unpaired) electrons. The first-order valence-electron chi connectivity index (χ1n) is 12.3. The number of nitrogens with two attached hydrogens (primary N) is 2. The van der Waals surface area contributed by atoms with Gasteiger partial charge in [0, 0.05) is 6.42 Å². The quantitative estimate of drug-likeness (QED) is 0.134. The second-order valence-electron chi connectivity index (χ2n) is 8.67. The van der Waals surface area contributed by atoms with Gasteiger partial charge in [0.25, 0.3) is 0 Å². The maximum absolute atomic E-state index is 13.3. The topological polar surface area (TPSA) is 177 Å². The van der Waals surface area contributed by atoms with Crippen molar-refractivity contribution < 1.29 is 24.3 Å². The van der Waals surface area contributed by atoms with E-state index in [1.165, 1.54) is 23.5 Å². The highest BCUT2D eigenvalue weighted by Gasteiger charge is 2.30. The van der Waals surface area contributed by atoms with Gasteiger partial charge in [0.15, 0.2) is 0 Å².